The van der Waals surface area contributed by atoms with Crippen molar-refractivity contribution in [2.75, 3.05) is 5.32 Å². The van der Waals surface area contributed by atoms with E-state index in [1.54, 1.807) is 12.2 Å². The van der Waals surface area contributed by atoms with Crippen LogP contribution in [0.1, 0.15) is 6.92 Å². The Hall–Kier alpha value is -1.61. The number of hydrogen-bond donors (Lipinski definition) is 1. The molecule has 0 amide bonds. The minimum atomic E-state index is -1.10. The van der Waals surface area contributed by atoms with Gasteiger partial charge in [0.15, 0.2) is 0 Å². The topological polar surface area (TPSA) is 29.1 Å². The Labute approximate surface area is 97.8 Å². The summed E-state index contributed by atoms with van der Waals surface area (Å²) >= 11 is 0. The van der Waals surface area contributed by atoms with E-state index >= 15 is 0 Å². The van der Waals surface area contributed by atoms with Gasteiger partial charge in [-0.15, -0.1) is 0 Å². The Morgan fingerprint density at radius 3 is 2.88 bits per heavy atom. The highest BCUT2D eigenvalue weighted by molar-refractivity contribution is 7.89. The molecular weight excluding hydrogens is 218 g/mol. The zero-order valence-electron chi connectivity index (χ0n) is 9.07. The van der Waals surface area contributed by atoms with Crippen molar-refractivity contribution in [3.8, 4) is 0 Å². The first-order valence-corrected chi connectivity index (χ1v) is 6.17. The van der Waals surface area contributed by atoms with E-state index in [2.05, 4.69) is 11.9 Å². The molecule has 0 bridgehead atoms. The summed E-state index contributed by atoms with van der Waals surface area (Å²) < 4.78 is 12.3. The van der Waals surface area contributed by atoms with Crippen LogP contribution in [0.3, 0.4) is 0 Å². The summed E-state index contributed by atoms with van der Waals surface area (Å²) in [4.78, 5) is 1.63. The lowest BCUT2D eigenvalue weighted by Gasteiger charge is -2.20. The summed E-state index contributed by atoms with van der Waals surface area (Å²) in [6.07, 6.45) is 5.31. The summed E-state index contributed by atoms with van der Waals surface area (Å²) in [5.74, 6) is 0. The molecule has 1 heterocycles. The van der Waals surface area contributed by atoms with Crippen LogP contribution in [0, 0.1) is 0 Å². The maximum Gasteiger partial charge on any atom is 0.0888 e. The van der Waals surface area contributed by atoms with Crippen LogP contribution in [-0.2, 0) is 10.8 Å². The molecule has 0 saturated carbocycles. The molecule has 0 spiro atoms. The van der Waals surface area contributed by atoms with Crippen LogP contribution in [0.15, 0.2) is 64.6 Å². The highest BCUT2D eigenvalue weighted by Gasteiger charge is 2.19. The van der Waals surface area contributed by atoms with E-state index < -0.39 is 10.8 Å². The van der Waals surface area contributed by atoms with E-state index in [0.717, 1.165) is 21.2 Å². The van der Waals surface area contributed by atoms with E-state index in [1.807, 2.05) is 37.3 Å². The lowest BCUT2D eigenvalue weighted by atomic mass is 10.3. The lowest BCUT2D eigenvalue weighted by Crippen LogP contribution is -2.12. The van der Waals surface area contributed by atoms with Crippen LogP contribution < -0.4 is 5.32 Å². The first-order valence-electron chi connectivity index (χ1n) is 5.02. The molecular formula is C13H13NOS. The molecule has 1 unspecified atom stereocenters. The molecule has 0 fully saturated rings. The zero-order chi connectivity index (χ0) is 11.5. The molecule has 2 nitrogen and oxygen atoms in total. The number of nitrogens with one attached hydrogen (secondary N) is 1. The van der Waals surface area contributed by atoms with Gasteiger partial charge in [0.25, 0.3) is 0 Å². The van der Waals surface area contributed by atoms with Crippen molar-refractivity contribution < 1.29 is 4.21 Å². The molecule has 0 aromatic heterocycles. The molecule has 3 heteroatoms. The first-order chi connectivity index (χ1) is 7.74. The fourth-order valence-corrected chi connectivity index (χ4v) is 2.88. The lowest BCUT2D eigenvalue weighted by molar-refractivity contribution is 0.687. The minimum Gasteiger partial charge on any atom is -0.357 e. The Kier molecular flexibility index (Phi) is 3.06. The summed E-state index contributed by atoms with van der Waals surface area (Å²) in [6, 6.07) is 7.64. The molecule has 0 aliphatic carbocycles. The van der Waals surface area contributed by atoms with Gasteiger partial charge in [-0.2, -0.15) is 0 Å². The van der Waals surface area contributed by atoms with Crippen molar-refractivity contribution in [3.05, 3.63) is 59.7 Å². The second-order valence-corrected chi connectivity index (χ2v) is 4.89. The van der Waals surface area contributed by atoms with Gasteiger partial charge in [-0.1, -0.05) is 30.9 Å². The minimum absolute atomic E-state index is 0.804. The standard InChI is InChI=1S/C13H13NOS/c1-3-4-8-12-10(2)14-11-7-5-6-9-13(11)16(12)15/h3-9,14H,1H2,2H3. The fraction of sp³-hybridized carbons (Fsp3) is 0.0769. The summed E-state index contributed by atoms with van der Waals surface area (Å²) in [5, 5.41) is 3.25. The number of fused-ring (bicyclic) bond motifs is 1. The molecule has 1 atom stereocenters. The van der Waals surface area contributed by atoms with Gasteiger partial charge in [-0.3, -0.25) is 0 Å². The molecule has 1 aromatic carbocycles. The largest absolute Gasteiger partial charge is 0.357 e. The predicted octanol–water partition coefficient (Wildman–Crippen LogP) is 3.19. The second kappa shape index (κ2) is 4.49. The van der Waals surface area contributed by atoms with Crippen LogP contribution >= 0.6 is 0 Å². The number of benzene rings is 1. The molecule has 82 valence electrons. The van der Waals surface area contributed by atoms with E-state index in [4.69, 9.17) is 0 Å². The van der Waals surface area contributed by atoms with Gasteiger partial charge in [0.2, 0.25) is 0 Å². The third kappa shape index (κ3) is 1.86. The summed E-state index contributed by atoms with van der Waals surface area (Å²) in [5.41, 5.74) is 1.85. The van der Waals surface area contributed by atoms with Crippen molar-refractivity contribution in [1.82, 2.24) is 0 Å². The van der Waals surface area contributed by atoms with Crippen LogP contribution in [0.5, 0.6) is 0 Å². The van der Waals surface area contributed by atoms with Gasteiger partial charge in [0.05, 0.1) is 26.3 Å². The second-order valence-electron chi connectivity index (χ2n) is 3.47. The highest BCUT2D eigenvalue weighted by atomic mass is 32.2. The molecule has 1 aliphatic rings. The molecule has 1 N–H and O–H groups in total. The number of para-hydroxylation sites is 1. The SMILES string of the molecule is C=CC=CC1=C(C)Nc2ccccc2S1=O. The third-order valence-corrected chi connectivity index (χ3v) is 3.96. The van der Waals surface area contributed by atoms with Crippen molar-refractivity contribution in [3.63, 3.8) is 0 Å². The van der Waals surface area contributed by atoms with Crippen LogP contribution in [0.4, 0.5) is 5.69 Å². The Balaban J connectivity index is 2.47. The number of allylic oxidation sites excluding steroid dienone is 4. The fourth-order valence-electron chi connectivity index (χ4n) is 1.59. The van der Waals surface area contributed by atoms with Gasteiger partial charge in [-0.05, 0) is 25.1 Å². The summed E-state index contributed by atoms with van der Waals surface area (Å²) in [7, 11) is -1.10. The molecule has 1 aromatic rings. The normalized spacial score (nSPS) is 19.4. The first kappa shape index (κ1) is 10.9. The third-order valence-electron chi connectivity index (χ3n) is 2.36. The average Bonchev–Trinajstić information content (AvgIpc) is 2.29. The monoisotopic (exact) mass is 231 g/mol. The van der Waals surface area contributed by atoms with Crippen molar-refractivity contribution in [2.45, 2.75) is 11.8 Å². The molecule has 1 aliphatic heterocycles. The molecule has 0 saturated heterocycles. The Morgan fingerprint density at radius 2 is 2.12 bits per heavy atom. The molecule has 0 radical (unpaired) electrons. The number of anilines is 1. The van der Waals surface area contributed by atoms with Crippen LogP contribution in [0.25, 0.3) is 0 Å². The molecule has 2 rings (SSSR count). The van der Waals surface area contributed by atoms with Crippen molar-refractivity contribution in [2.24, 2.45) is 0 Å². The van der Waals surface area contributed by atoms with E-state index in [-0.39, 0.29) is 0 Å². The average molecular weight is 231 g/mol. The van der Waals surface area contributed by atoms with E-state index in [1.165, 1.54) is 0 Å². The van der Waals surface area contributed by atoms with Crippen molar-refractivity contribution in [1.29, 1.82) is 0 Å². The maximum absolute atomic E-state index is 12.3. The molecule has 16 heavy (non-hydrogen) atoms. The van der Waals surface area contributed by atoms with E-state index in [9.17, 15) is 4.21 Å². The maximum atomic E-state index is 12.3. The summed E-state index contributed by atoms with van der Waals surface area (Å²) in [6.45, 7) is 5.54. The predicted molar refractivity (Wildman–Crippen MR) is 68.5 cm³/mol. The number of rotatable bonds is 2. The van der Waals surface area contributed by atoms with Gasteiger partial charge in [0, 0.05) is 5.70 Å². The van der Waals surface area contributed by atoms with Crippen LogP contribution in [-0.4, -0.2) is 4.21 Å². The van der Waals surface area contributed by atoms with Crippen molar-refractivity contribution >= 4 is 16.5 Å². The Bertz CT molecular complexity index is 514. The quantitative estimate of drug-likeness (QED) is 0.792. The number of hydrogen-bond acceptors (Lipinski definition) is 2. The van der Waals surface area contributed by atoms with Gasteiger partial charge in [-0.25, -0.2) is 4.21 Å². The Morgan fingerprint density at radius 1 is 1.38 bits per heavy atom. The van der Waals surface area contributed by atoms with Gasteiger partial charge in [0.1, 0.15) is 0 Å². The van der Waals surface area contributed by atoms with Crippen LogP contribution in [0.2, 0.25) is 0 Å². The highest BCUT2D eigenvalue weighted by Crippen LogP contribution is 2.31. The van der Waals surface area contributed by atoms with Gasteiger partial charge < -0.3 is 5.32 Å². The van der Waals surface area contributed by atoms with E-state index in [0.29, 0.717) is 0 Å². The smallest absolute Gasteiger partial charge is 0.0888 e. The zero-order valence-corrected chi connectivity index (χ0v) is 9.88. The van der Waals surface area contributed by atoms with Gasteiger partial charge >= 0.3 is 0 Å².